The van der Waals surface area contributed by atoms with Crippen LogP contribution in [-0.2, 0) is 14.8 Å². The first-order valence-electron chi connectivity index (χ1n) is 8.93. The Labute approximate surface area is 169 Å². The number of hydrogen-bond acceptors (Lipinski definition) is 6. The van der Waals surface area contributed by atoms with Crippen LogP contribution >= 0.6 is 0 Å². The molecule has 0 unspecified atom stereocenters. The van der Waals surface area contributed by atoms with E-state index in [0.29, 0.717) is 28.5 Å². The average molecular weight is 414 g/mol. The summed E-state index contributed by atoms with van der Waals surface area (Å²) < 4.78 is 32.8. The maximum atomic E-state index is 12.8. The number of aryl methyl sites for hydroxylation is 4. The summed E-state index contributed by atoms with van der Waals surface area (Å²) in [6.07, 6.45) is 0. The topological polar surface area (TPSA) is 114 Å². The Hall–Kier alpha value is -3.04. The molecular formula is C20H22N4O4S. The average Bonchev–Trinajstić information content (AvgIpc) is 3.06. The summed E-state index contributed by atoms with van der Waals surface area (Å²) in [5, 5.41) is 6.51. The molecule has 0 radical (unpaired) electrons. The van der Waals surface area contributed by atoms with Gasteiger partial charge in [-0.25, -0.2) is 13.1 Å². The molecule has 0 spiro atoms. The highest BCUT2D eigenvalue weighted by atomic mass is 32.2. The van der Waals surface area contributed by atoms with Crippen molar-refractivity contribution in [2.75, 3.05) is 11.9 Å². The molecule has 2 aromatic carbocycles. The zero-order chi connectivity index (χ0) is 21.2. The predicted molar refractivity (Wildman–Crippen MR) is 109 cm³/mol. The minimum absolute atomic E-state index is 0.0525. The molecular weight excluding hydrogens is 392 g/mol. The van der Waals surface area contributed by atoms with Crippen LogP contribution in [0.4, 0.5) is 5.69 Å². The minimum atomic E-state index is -3.92. The molecule has 1 aromatic heterocycles. The van der Waals surface area contributed by atoms with E-state index in [1.807, 2.05) is 32.0 Å². The lowest BCUT2D eigenvalue weighted by Crippen LogP contribution is -2.33. The lowest BCUT2D eigenvalue weighted by molar-refractivity contribution is -0.115. The van der Waals surface area contributed by atoms with E-state index in [0.717, 1.165) is 11.1 Å². The third-order valence-corrected chi connectivity index (χ3v) is 5.73. The Morgan fingerprint density at radius 3 is 2.34 bits per heavy atom. The molecule has 0 aliphatic carbocycles. The third-order valence-electron chi connectivity index (χ3n) is 4.19. The first-order chi connectivity index (χ1) is 13.6. The van der Waals surface area contributed by atoms with E-state index in [2.05, 4.69) is 20.2 Å². The Morgan fingerprint density at radius 1 is 1.03 bits per heavy atom. The quantitative estimate of drug-likeness (QED) is 0.641. The number of nitrogens with zero attached hydrogens (tertiary/aromatic N) is 2. The van der Waals surface area contributed by atoms with Crippen molar-refractivity contribution >= 4 is 21.6 Å². The van der Waals surface area contributed by atoms with E-state index >= 15 is 0 Å². The van der Waals surface area contributed by atoms with Crippen LogP contribution in [0, 0.1) is 27.7 Å². The van der Waals surface area contributed by atoms with Gasteiger partial charge in [0, 0.05) is 18.2 Å². The molecule has 3 rings (SSSR count). The lowest BCUT2D eigenvalue weighted by atomic mass is 10.1. The fourth-order valence-electron chi connectivity index (χ4n) is 2.94. The van der Waals surface area contributed by atoms with Gasteiger partial charge < -0.3 is 9.84 Å². The number of nitrogens with one attached hydrogen (secondary N) is 2. The minimum Gasteiger partial charge on any atom is -0.339 e. The molecule has 0 saturated carbocycles. The van der Waals surface area contributed by atoms with Crippen molar-refractivity contribution in [1.82, 2.24) is 14.9 Å². The highest BCUT2D eigenvalue weighted by molar-refractivity contribution is 7.89. The van der Waals surface area contributed by atoms with Crippen molar-refractivity contribution in [3.63, 3.8) is 0 Å². The summed E-state index contributed by atoms with van der Waals surface area (Å²) in [5.74, 6) is 0.221. The Kier molecular flexibility index (Phi) is 5.81. The van der Waals surface area contributed by atoms with Crippen LogP contribution in [0.3, 0.4) is 0 Å². The standard InChI is InChI=1S/C20H22N4O4S/c1-12-7-13(2)9-17(8-12)23-19(25)11-21-29(26,27)18-10-16(6-5-14(18)3)20-22-15(4)28-24-20/h5-10,21H,11H2,1-4H3,(H,23,25). The maximum Gasteiger partial charge on any atom is 0.241 e. The van der Waals surface area contributed by atoms with E-state index in [9.17, 15) is 13.2 Å². The molecule has 1 heterocycles. The number of sulfonamides is 1. The molecule has 1 amide bonds. The smallest absolute Gasteiger partial charge is 0.241 e. The molecule has 9 heteroatoms. The van der Waals surface area contributed by atoms with Gasteiger partial charge in [0.25, 0.3) is 0 Å². The van der Waals surface area contributed by atoms with E-state index < -0.39 is 15.9 Å². The first kappa shape index (κ1) is 20.7. The molecule has 0 aliphatic heterocycles. The third kappa shape index (κ3) is 5.07. The molecule has 0 aliphatic rings. The van der Waals surface area contributed by atoms with Crippen LogP contribution in [0.15, 0.2) is 45.8 Å². The van der Waals surface area contributed by atoms with Crippen LogP contribution in [0.1, 0.15) is 22.6 Å². The molecule has 152 valence electrons. The fourth-order valence-corrected chi connectivity index (χ4v) is 4.19. The zero-order valence-corrected chi connectivity index (χ0v) is 17.4. The van der Waals surface area contributed by atoms with Crippen molar-refractivity contribution in [1.29, 1.82) is 0 Å². The summed E-state index contributed by atoms with van der Waals surface area (Å²) in [7, 11) is -3.92. The van der Waals surface area contributed by atoms with Crippen LogP contribution in [0.25, 0.3) is 11.4 Å². The number of hydrogen-bond donors (Lipinski definition) is 2. The van der Waals surface area contributed by atoms with Gasteiger partial charge in [0.05, 0.1) is 11.4 Å². The van der Waals surface area contributed by atoms with Gasteiger partial charge >= 0.3 is 0 Å². The van der Waals surface area contributed by atoms with Gasteiger partial charge in [-0.1, -0.05) is 23.4 Å². The van der Waals surface area contributed by atoms with Gasteiger partial charge in [-0.05, 0) is 55.7 Å². The summed E-state index contributed by atoms with van der Waals surface area (Å²) in [6, 6.07) is 10.5. The SMILES string of the molecule is Cc1cc(C)cc(NC(=O)CNS(=O)(=O)c2cc(-c3noc(C)n3)ccc2C)c1. The highest BCUT2D eigenvalue weighted by Crippen LogP contribution is 2.23. The van der Waals surface area contributed by atoms with Crippen molar-refractivity contribution in [2.24, 2.45) is 0 Å². The van der Waals surface area contributed by atoms with E-state index in [1.165, 1.54) is 6.07 Å². The summed E-state index contributed by atoms with van der Waals surface area (Å²) >= 11 is 0. The second kappa shape index (κ2) is 8.14. The van der Waals surface area contributed by atoms with E-state index in [1.54, 1.807) is 26.0 Å². The molecule has 0 atom stereocenters. The maximum absolute atomic E-state index is 12.8. The lowest BCUT2D eigenvalue weighted by Gasteiger charge is -2.11. The molecule has 0 bridgehead atoms. The summed E-state index contributed by atoms with van der Waals surface area (Å²) in [5.41, 5.74) is 3.68. The van der Waals surface area contributed by atoms with Crippen LogP contribution in [0.5, 0.6) is 0 Å². The van der Waals surface area contributed by atoms with Gasteiger partial charge in [-0.15, -0.1) is 0 Å². The first-order valence-corrected chi connectivity index (χ1v) is 10.4. The number of aromatic nitrogens is 2. The molecule has 0 fully saturated rings. The zero-order valence-electron chi connectivity index (χ0n) is 16.6. The Morgan fingerprint density at radius 2 is 1.72 bits per heavy atom. The normalized spacial score (nSPS) is 11.4. The molecule has 0 saturated heterocycles. The number of anilines is 1. The molecule has 29 heavy (non-hydrogen) atoms. The molecule has 8 nitrogen and oxygen atoms in total. The number of benzene rings is 2. The van der Waals surface area contributed by atoms with Gasteiger partial charge in [0.1, 0.15) is 0 Å². The Bertz CT molecular complexity index is 1150. The van der Waals surface area contributed by atoms with Gasteiger partial charge in [-0.3, -0.25) is 4.79 Å². The van der Waals surface area contributed by atoms with Gasteiger partial charge in [0.2, 0.25) is 27.6 Å². The van der Waals surface area contributed by atoms with Gasteiger partial charge in [-0.2, -0.15) is 4.98 Å². The highest BCUT2D eigenvalue weighted by Gasteiger charge is 2.20. The van der Waals surface area contributed by atoms with Gasteiger partial charge in [0.15, 0.2) is 0 Å². The van der Waals surface area contributed by atoms with Crippen LogP contribution < -0.4 is 10.0 Å². The number of carbonyl (C=O) groups excluding carboxylic acids is 1. The van der Waals surface area contributed by atoms with Crippen LogP contribution in [0.2, 0.25) is 0 Å². The summed E-state index contributed by atoms with van der Waals surface area (Å²) in [4.78, 5) is 16.4. The monoisotopic (exact) mass is 414 g/mol. The van der Waals surface area contributed by atoms with E-state index in [-0.39, 0.29) is 11.4 Å². The van der Waals surface area contributed by atoms with Crippen molar-refractivity contribution in [3.8, 4) is 11.4 Å². The second-order valence-corrected chi connectivity index (χ2v) is 8.60. The van der Waals surface area contributed by atoms with Crippen molar-refractivity contribution < 1.29 is 17.7 Å². The summed E-state index contributed by atoms with van der Waals surface area (Å²) in [6.45, 7) is 6.78. The number of carbonyl (C=O) groups is 1. The molecule has 2 N–H and O–H groups in total. The predicted octanol–water partition coefficient (Wildman–Crippen LogP) is 2.89. The Balaban J connectivity index is 1.74. The largest absolute Gasteiger partial charge is 0.339 e. The van der Waals surface area contributed by atoms with Crippen molar-refractivity contribution in [3.05, 3.63) is 59.0 Å². The number of amides is 1. The van der Waals surface area contributed by atoms with E-state index in [4.69, 9.17) is 4.52 Å². The fraction of sp³-hybridized carbons (Fsp3) is 0.250. The number of rotatable bonds is 6. The second-order valence-electron chi connectivity index (χ2n) is 6.87. The van der Waals surface area contributed by atoms with Crippen LogP contribution in [-0.4, -0.2) is 31.0 Å². The van der Waals surface area contributed by atoms with Crippen molar-refractivity contribution in [2.45, 2.75) is 32.6 Å². The molecule has 3 aromatic rings.